The van der Waals surface area contributed by atoms with Crippen molar-refractivity contribution in [3.63, 3.8) is 0 Å². The highest BCUT2D eigenvalue weighted by Gasteiger charge is 2.28. The fourth-order valence-electron chi connectivity index (χ4n) is 3.92. The number of likely N-dealkylation sites (tertiary alicyclic amines) is 1. The molecule has 1 saturated heterocycles. The van der Waals surface area contributed by atoms with Gasteiger partial charge in [0.1, 0.15) is 5.75 Å². The van der Waals surface area contributed by atoms with Crippen LogP contribution >= 0.6 is 0 Å². The quantitative estimate of drug-likeness (QED) is 0.823. The highest BCUT2D eigenvalue weighted by molar-refractivity contribution is 5.73. The molecule has 0 radical (unpaired) electrons. The van der Waals surface area contributed by atoms with Gasteiger partial charge in [-0.15, -0.1) is 0 Å². The molecule has 0 aliphatic carbocycles. The van der Waals surface area contributed by atoms with E-state index >= 15 is 0 Å². The largest absolute Gasteiger partial charge is 0.497 e. The zero-order valence-electron chi connectivity index (χ0n) is 16.2. The molecule has 2 aromatic rings. The summed E-state index contributed by atoms with van der Waals surface area (Å²) in [6.07, 6.45) is 4.26. The number of nitrogens with zero attached hydrogens (tertiary/aromatic N) is 3. The molecule has 0 spiro atoms. The van der Waals surface area contributed by atoms with E-state index in [0.717, 1.165) is 38.2 Å². The number of hydrogen-bond donors (Lipinski definition) is 0. The average Bonchev–Trinajstić information content (AvgIpc) is 3.02. The van der Waals surface area contributed by atoms with Gasteiger partial charge in [0.2, 0.25) is 5.91 Å². The summed E-state index contributed by atoms with van der Waals surface area (Å²) >= 11 is 0. The van der Waals surface area contributed by atoms with Gasteiger partial charge < -0.3 is 9.64 Å². The Labute approximate surface area is 156 Å². The summed E-state index contributed by atoms with van der Waals surface area (Å²) in [6, 6.07) is 8.13. The number of carbonyl (C=O) groups is 1. The van der Waals surface area contributed by atoms with Crippen molar-refractivity contribution >= 4 is 5.91 Å². The third-order valence-electron chi connectivity index (χ3n) is 5.61. The molecule has 5 heteroatoms. The van der Waals surface area contributed by atoms with Crippen LogP contribution in [-0.2, 0) is 11.3 Å². The molecule has 1 amide bonds. The summed E-state index contributed by atoms with van der Waals surface area (Å²) < 4.78 is 7.25. The number of benzene rings is 1. The summed E-state index contributed by atoms with van der Waals surface area (Å²) in [7, 11) is 1.68. The van der Waals surface area contributed by atoms with Crippen LogP contribution < -0.4 is 4.74 Å². The van der Waals surface area contributed by atoms with Crippen LogP contribution in [0.25, 0.3) is 0 Å². The number of amides is 1. The van der Waals surface area contributed by atoms with E-state index in [4.69, 9.17) is 9.84 Å². The lowest BCUT2D eigenvalue weighted by molar-refractivity contribution is -0.130. The van der Waals surface area contributed by atoms with Gasteiger partial charge in [-0.3, -0.25) is 9.48 Å². The van der Waals surface area contributed by atoms with E-state index < -0.39 is 0 Å². The average molecular weight is 355 g/mol. The first-order valence-corrected chi connectivity index (χ1v) is 9.40. The Morgan fingerprint density at radius 2 is 1.92 bits per heavy atom. The van der Waals surface area contributed by atoms with Crippen molar-refractivity contribution in [2.24, 2.45) is 5.92 Å². The molecule has 1 atom stereocenters. The number of rotatable bonds is 5. The second kappa shape index (κ2) is 7.94. The minimum absolute atomic E-state index is 0.191. The predicted octanol–water partition coefficient (Wildman–Crippen LogP) is 3.61. The van der Waals surface area contributed by atoms with Gasteiger partial charge in [0.25, 0.3) is 0 Å². The number of piperidine rings is 1. The second-order valence-electron chi connectivity index (χ2n) is 7.38. The van der Waals surface area contributed by atoms with Gasteiger partial charge in [-0.1, -0.05) is 19.1 Å². The van der Waals surface area contributed by atoms with Crippen LogP contribution in [0, 0.1) is 12.8 Å². The van der Waals surface area contributed by atoms with Gasteiger partial charge in [0, 0.05) is 32.1 Å². The summed E-state index contributed by atoms with van der Waals surface area (Å²) in [4.78, 5) is 13.5. The minimum Gasteiger partial charge on any atom is -0.497 e. The van der Waals surface area contributed by atoms with Crippen LogP contribution in [0.1, 0.15) is 49.4 Å². The van der Waals surface area contributed by atoms with Crippen LogP contribution in [0.4, 0.5) is 0 Å². The van der Waals surface area contributed by atoms with Gasteiger partial charge in [-0.2, -0.15) is 5.10 Å². The number of aryl methyl sites for hydroxylation is 1. The SMILES string of the molecule is COc1ccc(Cn2cc(C)c(C(C)C3CCN(C(C)=O)CC3)n2)cc1. The highest BCUT2D eigenvalue weighted by Crippen LogP contribution is 2.33. The van der Waals surface area contributed by atoms with Crippen molar-refractivity contribution in [3.05, 3.63) is 47.3 Å². The normalized spacial score (nSPS) is 16.5. The minimum atomic E-state index is 0.191. The van der Waals surface area contributed by atoms with Crippen molar-refractivity contribution in [2.45, 2.75) is 46.1 Å². The van der Waals surface area contributed by atoms with Crippen molar-refractivity contribution in [1.29, 1.82) is 0 Å². The van der Waals surface area contributed by atoms with E-state index in [1.165, 1.54) is 16.8 Å². The van der Waals surface area contributed by atoms with E-state index in [1.807, 2.05) is 21.7 Å². The maximum atomic E-state index is 11.5. The summed E-state index contributed by atoms with van der Waals surface area (Å²) in [6.45, 7) is 8.59. The third kappa shape index (κ3) is 4.09. The third-order valence-corrected chi connectivity index (χ3v) is 5.61. The number of ether oxygens (including phenoxy) is 1. The molecule has 5 nitrogen and oxygen atoms in total. The highest BCUT2D eigenvalue weighted by atomic mass is 16.5. The van der Waals surface area contributed by atoms with Gasteiger partial charge in [-0.25, -0.2) is 0 Å². The van der Waals surface area contributed by atoms with E-state index in [9.17, 15) is 4.79 Å². The van der Waals surface area contributed by atoms with Crippen LogP contribution in [0.2, 0.25) is 0 Å². The fourth-order valence-corrected chi connectivity index (χ4v) is 3.92. The Kier molecular flexibility index (Phi) is 5.64. The Morgan fingerprint density at radius 3 is 2.50 bits per heavy atom. The first kappa shape index (κ1) is 18.5. The molecule has 0 N–H and O–H groups in total. The molecule has 0 bridgehead atoms. The standard InChI is InChI=1S/C21H29N3O2/c1-15-13-24(14-18-5-7-20(26-4)8-6-18)22-21(15)16(2)19-9-11-23(12-10-19)17(3)25/h5-8,13,16,19H,9-12,14H2,1-4H3. The molecular formula is C21H29N3O2. The van der Waals surface area contributed by atoms with Crippen LogP contribution in [0.15, 0.2) is 30.5 Å². The van der Waals surface area contributed by atoms with Gasteiger partial charge >= 0.3 is 0 Å². The molecule has 140 valence electrons. The smallest absolute Gasteiger partial charge is 0.219 e. The fraction of sp³-hybridized carbons (Fsp3) is 0.524. The second-order valence-corrected chi connectivity index (χ2v) is 7.38. The summed E-state index contributed by atoms with van der Waals surface area (Å²) in [5, 5.41) is 4.88. The van der Waals surface area contributed by atoms with Gasteiger partial charge in [0.15, 0.2) is 0 Å². The van der Waals surface area contributed by atoms with Crippen LogP contribution in [0.3, 0.4) is 0 Å². The lowest BCUT2D eigenvalue weighted by Crippen LogP contribution is -2.38. The monoisotopic (exact) mass is 355 g/mol. The molecule has 26 heavy (non-hydrogen) atoms. The molecule has 0 saturated carbocycles. The molecule has 2 heterocycles. The van der Waals surface area contributed by atoms with Crippen LogP contribution in [-0.4, -0.2) is 40.8 Å². The van der Waals surface area contributed by atoms with Crippen molar-refractivity contribution in [1.82, 2.24) is 14.7 Å². The van der Waals surface area contributed by atoms with Gasteiger partial charge in [-0.05, 0) is 48.9 Å². The molecule has 1 unspecified atom stereocenters. The lowest BCUT2D eigenvalue weighted by Gasteiger charge is -2.34. The van der Waals surface area contributed by atoms with E-state index in [-0.39, 0.29) is 5.91 Å². The molecule has 1 aliphatic rings. The number of carbonyl (C=O) groups excluding carboxylic acids is 1. The Balaban J connectivity index is 1.66. The molecule has 1 fully saturated rings. The molecule has 1 aliphatic heterocycles. The topological polar surface area (TPSA) is 47.4 Å². The Morgan fingerprint density at radius 1 is 1.27 bits per heavy atom. The zero-order valence-corrected chi connectivity index (χ0v) is 16.2. The molecular weight excluding hydrogens is 326 g/mol. The number of hydrogen-bond acceptors (Lipinski definition) is 3. The molecule has 1 aromatic carbocycles. The summed E-state index contributed by atoms with van der Waals surface area (Å²) in [5.41, 5.74) is 3.65. The first-order chi connectivity index (χ1) is 12.5. The Hall–Kier alpha value is -2.30. The number of aromatic nitrogens is 2. The Bertz CT molecular complexity index is 743. The van der Waals surface area contributed by atoms with Crippen molar-refractivity contribution in [3.8, 4) is 5.75 Å². The molecule has 3 rings (SSSR count). The predicted molar refractivity (Wildman–Crippen MR) is 102 cm³/mol. The lowest BCUT2D eigenvalue weighted by atomic mass is 9.82. The van der Waals surface area contributed by atoms with Crippen molar-refractivity contribution < 1.29 is 9.53 Å². The summed E-state index contributed by atoms with van der Waals surface area (Å²) in [5.74, 6) is 2.07. The maximum absolute atomic E-state index is 11.5. The van der Waals surface area contributed by atoms with E-state index in [0.29, 0.717) is 11.8 Å². The van der Waals surface area contributed by atoms with E-state index in [1.54, 1.807) is 14.0 Å². The molecule has 1 aromatic heterocycles. The van der Waals surface area contributed by atoms with Crippen LogP contribution in [0.5, 0.6) is 5.75 Å². The first-order valence-electron chi connectivity index (χ1n) is 9.40. The van der Waals surface area contributed by atoms with E-state index in [2.05, 4.69) is 32.2 Å². The van der Waals surface area contributed by atoms with Crippen molar-refractivity contribution in [2.75, 3.05) is 20.2 Å². The van der Waals surface area contributed by atoms with Gasteiger partial charge in [0.05, 0.1) is 19.3 Å². The number of methoxy groups -OCH3 is 1. The maximum Gasteiger partial charge on any atom is 0.219 e. The zero-order chi connectivity index (χ0) is 18.7.